The zero-order valence-electron chi connectivity index (χ0n) is 11.1. The summed E-state index contributed by atoms with van der Waals surface area (Å²) in [6, 6.07) is 8.80. The van der Waals surface area contributed by atoms with Crippen LogP contribution in [0.3, 0.4) is 0 Å². The lowest BCUT2D eigenvalue weighted by atomic mass is 10.1. The van der Waals surface area contributed by atoms with E-state index in [1.165, 1.54) is 6.26 Å². The first-order chi connectivity index (χ1) is 8.91. The number of sulfone groups is 1. The van der Waals surface area contributed by atoms with Gasteiger partial charge in [0.1, 0.15) is 0 Å². The summed E-state index contributed by atoms with van der Waals surface area (Å²) in [7, 11) is -3.16. The Hall–Kier alpha value is -1.99. The Morgan fingerprint density at radius 1 is 1.16 bits per heavy atom. The number of hydrogen-bond acceptors (Lipinski definition) is 2. The van der Waals surface area contributed by atoms with Crippen molar-refractivity contribution < 1.29 is 8.42 Å². The van der Waals surface area contributed by atoms with Crippen LogP contribution in [0.1, 0.15) is 18.2 Å². The molecule has 1 heterocycles. The molecule has 1 N–H and O–H groups in total. The van der Waals surface area contributed by atoms with Gasteiger partial charge in [0.15, 0.2) is 9.84 Å². The molecule has 98 valence electrons. The molecule has 0 amide bonds. The van der Waals surface area contributed by atoms with E-state index in [1.54, 1.807) is 31.2 Å². The van der Waals surface area contributed by atoms with Gasteiger partial charge in [-0.25, -0.2) is 8.42 Å². The number of aromatic amines is 1. The highest BCUT2D eigenvalue weighted by molar-refractivity contribution is 7.90. The van der Waals surface area contributed by atoms with Gasteiger partial charge in [-0.2, -0.15) is 0 Å². The second-order valence-corrected chi connectivity index (χ2v) is 6.43. The zero-order chi connectivity index (χ0) is 14.0. The lowest BCUT2D eigenvalue weighted by Crippen LogP contribution is -1.96. The Balaban J connectivity index is 2.50. The summed E-state index contributed by atoms with van der Waals surface area (Å²) < 4.78 is 22.8. The molecule has 0 aliphatic rings. The number of aromatic nitrogens is 1. The van der Waals surface area contributed by atoms with Crippen molar-refractivity contribution in [3.8, 4) is 23.1 Å². The van der Waals surface area contributed by atoms with Crippen LogP contribution in [0.4, 0.5) is 0 Å². The second-order valence-electron chi connectivity index (χ2n) is 4.41. The molecule has 0 fully saturated rings. The van der Waals surface area contributed by atoms with Crippen molar-refractivity contribution >= 4 is 9.84 Å². The Kier molecular flexibility index (Phi) is 3.50. The Bertz CT molecular complexity index is 757. The van der Waals surface area contributed by atoms with Gasteiger partial charge < -0.3 is 4.98 Å². The fourth-order valence-corrected chi connectivity index (χ4v) is 2.55. The molecule has 0 radical (unpaired) electrons. The molecule has 1 aromatic heterocycles. The molecule has 4 heteroatoms. The third-order valence-corrected chi connectivity index (χ3v) is 3.91. The van der Waals surface area contributed by atoms with Crippen molar-refractivity contribution in [2.45, 2.75) is 18.7 Å². The van der Waals surface area contributed by atoms with Gasteiger partial charge in [-0.3, -0.25) is 0 Å². The first-order valence-corrected chi connectivity index (χ1v) is 7.74. The molecule has 0 saturated carbocycles. The number of nitrogens with one attached hydrogen (secondary N) is 1. The second kappa shape index (κ2) is 4.94. The van der Waals surface area contributed by atoms with Gasteiger partial charge in [0.05, 0.1) is 16.2 Å². The molecule has 3 nitrogen and oxygen atoms in total. The molecule has 2 aromatic rings. The van der Waals surface area contributed by atoms with Crippen LogP contribution in [0, 0.1) is 18.8 Å². The van der Waals surface area contributed by atoms with Crippen LogP contribution in [-0.4, -0.2) is 19.7 Å². The summed E-state index contributed by atoms with van der Waals surface area (Å²) in [4.78, 5) is 3.57. The maximum Gasteiger partial charge on any atom is 0.175 e. The van der Waals surface area contributed by atoms with E-state index in [2.05, 4.69) is 16.8 Å². The lowest BCUT2D eigenvalue weighted by Gasteiger charge is -2.02. The Morgan fingerprint density at radius 2 is 1.79 bits per heavy atom. The predicted molar refractivity (Wildman–Crippen MR) is 76.6 cm³/mol. The highest BCUT2D eigenvalue weighted by Gasteiger charge is 2.10. The van der Waals surface area contributed by atoms with Crippen molar-refractivity contribution in [3.63, 3.8) is 0 Å². The fourth-order valence-electron chi connectivity index (χ4n) is 1.92. The summed E-state index contributed by atoms with van der Waals surface area (Å²) >= 11 is 0. The van der Waals surface area contributed by atoms with E-state index in [1.807, 2.05) is 13.0 Å². The molecule has 0 unspecified atom stereocenters. The van der Waals surface area contributed by atoms with Crippen molar-refractivity contribution in [2.24, 2.45) is 0 Å². The molecule has 0 bridgehead atoms. The van der Waals surface area contributed by atoms with E-state index in [4.69, 9.17) is 0 Å². The lowest BCUT2D eigenvalue weighted by molar-refractivity contribution is 0.602. The molecule has 0 atom stereocenters. The largest absolute Gasteiger partial charge is 0.358 e. The maximum atomic E-state index is 11.4. The van der Waals surface area contributed by atoms with E-state index in [0.717, 1.165) is 22.5 Å². The quantitative estimate of drug-likeness (QED) is 0.855. The van der Waals surface area contributed by atoms with Crippen molar-refractivity contribution in [1.82, 2.24) is 4.98 Å². The minimum Gasteiger partial charge on any atom is -0.358 e. The number of hydrogen-bond donors (Lipinski definition) is 1. The number of H-pyrrole nitrogens is 1. The Morgan fingerprint density at radius 3 is 2.32 bits per heavy atom. The average Bonchev–Trinajstić information content (AvgIpc) is 2.70. The molecule has 19 heavy (non-hydrogen) atoms. The molecule has 0 saturated heterocycles. The molecular formula is C15H15NO2S. The number of benzene rings is 1. The summed E-state index contributed by atoms with van der Waals surface area (Å²) in [5, 5.41) is 0. The molecule has 0 aliphatic carbocycles. The third-order valence-electron chi connectivity index (χ3n) is 2.78. The van der Waals surface area contributed by atoms with E-state index in [9.17, 15) is 8.42 Å². The van der Waals surface area contributed by atoms with Gasteiger partial charge in [-0.1, -0.05) is 18.1 Å². The third kappa shape index (κ3) is 2.88. The number of aryl methyl sites for hydroxylation is 1. The summed E-state index contributed by atoms with van der Waals surface area (Å²) in [6.07, 6.45) is 1.20. The van der Waals surface area contributed by atoms with Gasteiger partial charge in [-0.15, -0.1) is 5.92 Å². The minimum absolute atomic E-state index is 0.322. The summed E-state index contributed by atoms with van der Waals surface area (Å²) in [6.45, 7) is 3.76. The van der Waals surface area contributed by atoms with Gasteiger partial charge >= 0.3 is 0 Å². The van der Waals surface area contributed by atoms with Gasteiger partial charge in [0.25, 0.3) is 0 Å². The molecule has 0 spiro atoms. The first kappa shape index (κ1) is 13.4. The maximum absolute atomic E-state index is 11.4. The first-order valence-electron chi connectivity index (χ1n) is 5.84. The van der Waals surface area contributed by atoms with Crippen LogP contribution in [0.2, 0.25) is 0 Å². The summed E-state index contributed by atoms with van der Waals surface area (Å²) in [5.74, 6) is 5.92. The van der Waals surface area contributed by atoms with Gasteiger partial charge in [0, 0.05) is 11.9 Å². The van der Waals surface area contributed by atoms with Crippen molar-refractivity contribution in [2.75, 3.05) is 6.26 Å². The van der Waals surface area contributed by atoms with E-state index in [0.29, 0.717) is 4.90 Å². The monoisotopic (exact) mass is 273 g/mol. The van der Waals surface area contributed by atoms with Crippen LogP contribution in [0.15, 0.2) is 35.2 Å². The SMILES string of the molecule is CC#Cc1cc(C)[nH]c1-c1ccc(S(C)(=O)=O)cc1. The molecular weight excluding hydrogens is 258 g/mol. The molecule has 1 aromatic carbocycles. The van der Waals surface area contributed by atoms with E-state index < -0.39 is 9.84 Å². The average molecular weight is 273 g/mol. The van der Waals surface area contributed by atoms with Gasteiger partial charge in [0.2, 0.25) is 0 Å². The normalized spacial score (nSPS) is 10.9. The van der Waals surface area contributed by atoms with Crippen molar-refractivity contribution in [3.05, 3.63) is 41.6 Å². The van der Waals surface area contributed by atoms with E-state index >= 15 is 0 Å². The van der Waals surface area contributed by atoms with Crippen molar-refractivity contribution in [1.29, 1.82) is 0 Å². The highest BCUT2D eigenvalue weighted by Crippen LogP contribution is 2.24. The zero-order valence-corrected chi connectivity index (χ0v) is 11.9. The van der Waals surface area contributed by atoms with Crippen LogP contribution >= 0.6 is 0 Å². The van der Waals surface area contributed by atoms with Crippen LogP contribution in [0.5, 0.6) is 0 Å². The fraction of sp³-hybridized carbons (Fsp3) is 0.200. The van der Waals surface area contributed by atoms with Crippen LogP contribution < -0.4 is 0 Å². The smallest absolute Gasteiger partial charge is 0.175 e. The number of rotatable bonds is 2. The Labute approximate surface area is 113 Å². The van der Waals surface area contributed by atoms with E-state index in [-0.39, 0.29) is 0 Å². The predicted octanol–water partition coefficient (Wildman–Crippen LogP) is 2.77. The molecule has 2 rings (SSSR count). The summed E-state index contributed by atoms with van der Waals surface area (Å²) in [5.41, 5.74) is 3.80. The van der Waals surface area contributed by atoms with Gasteiger partial charge in [-0.05, 0) is 37.6 Å². The van der Waals surface area contributed by atoms with Crippen LogP contribution in [0.25, 0.3) is 11.3 Å². The standard InChI is InChI=1S/C15H15NO2S/c1-4-5-13-10-11(2)16-15(13)12-6-8-14(9-7-12)19(3,17)18/h6-10,16H,1-3H3. The topological polar surface area (TPSA) is 49.9 Å². The van der Waals surface area contributed by atoms with Crippen LogP contribution in [-0.2, 0) is 9.84 Å². The molecule has 0 aliphatic heterocycles. The minimum atomic E-state index is -3.16. The highest BCUT2D eigenvalue weighted by atomic mass is 32.2.